The van der Waals surface area contributed by atoms with E-state index in [9.17, 15) is 13.2 Å². The molecular formula is C18H19NO4S. The van der Waals surface area contributed by atoms with E-state index < -0.39 is 9.84 Å². The highest BCUT2D eigenvalue weighted by atomic mass is 32.2. The van der Waals surface area contributed by atoms with Crippen LogP contribution in [0.1, 0.15) is 19.8 Å². The van der Waals surface area contributed by atoms with E-state index in [1.54, 1.807) is 48.5 Å². The van der Waals surface area contributed by atoms with Crippen molar-refractivity contribution in [2.45, 2.75) is 24.7 Å². The van der Waals surface area contributed by atoms with Gasteiger partial charge in [-0.25, -0.2) is 8.42 Å². The molecule has 1 fully saturated rings. The molecule has 1 N–H and O–H groups in total. The van der Waals surface area contributed by atoms with Gasteiger partial charge in [-0.2, -0.15) is 0 Å². The molecule has 2 aromatic rings. The summed E-state index contributed by atoms with van der Waals surface area (Å²) in [7, 11) is -3.20. The van der Waals surface area contributed by atoms with Gasteiger partial charge in [0.05, 0.1) is 10.6 Å². The Morgan fingerprint density at radius 2 is 1.58 bits per heavy atom. The highest BCUT2D eigenvalue weighted by molar-refractivity contribution is 7.91. The van der Waals surface area contributed by atoms with Crippen molar-refractivity contribution < 1.29 is 17.9 Å². The Hall–Kier alpha value is -2.34. The highest BCUT2D eigenvalue weighted by Gasteiger charge is 2.28. The predicted octanol–water partition coefficient (Wildman–Crippen LogP) is 3.62. The SMILES string of the molecule is CC(=O)Nc1ccc(Oc2ccc(S(=O)(=O)CC3CC3)cc2)cc1. The summed E-state index contributed by atoms with van der Waals surface area (Å²) >= 11 is 0. The van der Waals surface area contributed by atoms with E-state index in [4.69, 9.17) is 4.74 Å². The summed E-state index contributed by atoms with van der Waals surface area (Å²) < 4.78 is 30.1. The zero-order chi connectivity index (χ0) is 17.2. The molecule has 0 saturated heterocycles. The third kappa shape index (κ3) is 4.35. The maximum absolute atomic E-state index is 12.2. The maximum atomic E-state index is 12.2. The Balaban J connectivity index is 1.66. The monoisotopic (exact) mass is 345 g/mol. The molecule has 0 spiro atoms. The Bertz CT molecular complexity index is 822. The van der Waals surface area contributed by atoms with Gasteiger partial charge >= 0.3 is 0 Å². The number of hydrogen-bond acceptors (Lipinski definition) is 4. The quantitative estimate of drug-likeness (QED) is 0.868. The van der Waals surface area contributed by atoms with Crippen molar-refractivity contribution in [2.75, 3.05) is 11.1 Å². The predicted molar refractivity (Wildman–Crippen MR) is 92.0 cm³/mol. The molecule has 0 aliphatic heterocycles. The smallest absolute Gasteiger partial charge is 0.221 e. The Morgan fingerprint density at radius 3 is 2.08 bits per heavy atom. The average molecular weight is 345 g/mol. The fraction of sp³-hybridized carbons (Fsp3) is 0.278. The second-order valence-corrected chi connectivity index (χ2v) is 8.04. The van der Waals surface area contributed by atoms with Gasteiger partial charge in [0, 0.05) is 12.6 Å². The van der Waals surface area contributed by atoms with Crippen LogP contribution in [0.25, 0.3) is 0 Å². The van der Waals surface area contributed by atoms with Crippen LogP contribution >= 0.6 is 0 Å². The summed E-state index contributed by atoms with van der Waals surface area (Å²) in [6.07, 6.45) is 2.02. The maximum Gasteiger partial charge on any atom is 0.221 e. The van der Waals surface area contributed by atoms with Crippen LogP contribution in [-0.4, -0.2) is 20.1 Å². The first-order chi connectivity index (χ1) is 11.4. The molecule has 0 unspecified atom stereocenters. The summed E-state index contributed by atoms with van der Waals surface area (Å²) in [5, 5.41) is 2.68. The zero-order valence-corrected chi connectivity index (χ0v) is 14.2. The van der Waals surface area contributed by atoms with Crippen LogP contribution in [0.5, 0.6) is 11.5 Å². The van der Waals surface area contributed by atoms with Crippen LogP contribution in [0.4, 0.5) is 5.69 Å². The second-order valence-electron chi connectivity index (χ2n) is 6.00. The normalized spacial score (nSPS) is 14.2. The van der Waals surface area contributed by atoms with Gasteiger partial charge in [0.25, 0.3) is 0 Å². The lowest BCUT2D eigenvalue weighted by Crippen LogP contribution is -2.08. The van der Waals surface area contributed by atoms with E-state index >= 15 is 0 Å². The lowest BCUT2D eigenvalue weighted by Gasteiger charge is -2.08. The molecule has 1 amide bonds. The van der Waals surface area contributed by atoms with E-state index in [0.29, 0.717) is 28.0 Å². The largest absolute Gasteiger partial charge is 0.457 e. The van der Waals surface area contributed by atoms with Gasteiger partial charge in [0.2, 0.25) is 5.91 Å². The summed E-state index contributed by atoms with van der Waals surface area (Å²) in [5.74, 6) is 1.60. The van der Waals surface area contributed by atoms with E-state index in [1.165, 1.54) is 6.92 Å². The summed E-state index contributed by atoms with van der Waals surface area (Å²) in [6.45, 7) is 1.45. The number of sulfone groups is 1. The van der Waals surface area contributed by atoms with E-state index in [0.717, 1.165) is 12.8 Å². The standard InChI is InChI=1S/C18H19NO4S/c1-13(20)19-15-4-6-16(7-5-15)23-17-8-10-18(11-9-17)24(21,22)12-14-2-3-14/h4-11,14H,2-3,12H2,1H3,(H,19,20). The number of anilines is 1. The van der Waals surface area contributed by atoms with Crippen LogP contribution in [-0.2, 0) is 14.6 Å². The van der Waals surface area contributed by atoms with Crippen molar-refractivity contribution >= 4 is 21.4 Å². The molecule has 0 radical (unpaired) electrons. The number of nitrogens with one attached hydrogen (secondary N) is 1. The zero-order valence-electron chi connectivity index (χ0n) is 13.4. The van der Waals surface area contributed by atoms with Gasteiger partial charge in [-0.05, 0) is 67.3 Å². The molecular weight excluding hydrogens is 326 g/mol. The lowest BCUT2D eigenvalue weighted by molar-refractivity contribution is -0.114. The fourth-order valence-corrected chi connectivity index (χ4v) is 4.05. The molecule has 0 atom stereocenters. The number of benzene rings is 2. The van der Waals surface area contributed by atoms with Gasteiger partial charge in [-0.3, -0.25) is 4.79 Å². The van der Waals surface area contributed by atoms with Crippen molar-refractivity contribution in [2.24, 2.45) is 5.92 Å². The van der Waals surface area contributed by atoms with Gasteiger partial charge in [0.1, 0.15) is 11.5 Å². The fourth-order valence-electron chi connectivity index (χ4n) is 2.35. The Labute approximate surface area is 141 Å². The summed E-state index contributed by atoms with van der Waals surface area (Å²) in [4.78, 5) is 11.3. The molecule has 0 heterocycles. The molecule has 126 valence electrons. The number of carbonyl (C=O) groups excluding carboxylic acids is 1. The summed E-state index contributed by atoms with van der Waals surface area (Å²) in [6, 6.07) is 13.4. The van der Waals surface area contributed by atoms with Crippen LogP contribution < -0.4 is 10.1 Å². The highest BCUT2D eigenvalue weighted by Crippen LogP contribution is 2.32. The van der Waals surface area contributed by atoms with E-state index in [1.807, 2.05) is 0 Å². The topological polar surface area (TPSA) is 72.5 Å². The van der Waals surface area contributed by atoms with E-state index in [-0.39, 0.29) is 11.7 Å². The second kappa shape index (κ2) is 6.65. The average Bonchev–Trinajstić information content (AvgIpc) is 3.33. The van der Waals surface area contributed by atoms with Gasteiger partial charge in [-0.1, -0.05) is 0 Å². The minimum Gasteiger partial charge on any atom is -0.457 e. The number of amides is 1. The molecule has 6 heteroatoms. The molecule has 0 aromatic heterocycles. The van der Waals surface area contributed by atoms with Gasteiger partial charge in [0.15, 0.2) is 9.84 Å². The number of rotatable bonds is 6. The summed E-state index contributed by atoms with van der Waals surface area (Å²) in [5.41, 5.74) is 0.691. The van der Waals surface area contributed by atoms with Crippen LogP contribution in [0.15, 0.2) is 53.4 Å². The van der Waals surface area contributed by atoms with Crippen LogP contribution in [0.2, 0.25) is 0 Å². The molecule has 3 rings (SSSR count). The minimum absolute atomic E-state index is 0.133. The van der Waals surface area contributed by atoms with Crippen molar-refractivity contribution in [1.82, 2.24) is 0 Å². The molecule has 5 nitrogen and oxygen atoms in total. The molecule has 1 aliphatic carbocycles. The Kier molecular flexibility index (Phi) is 4.57. The lowest BCUT2D eigenvalue weighted by atomic mass is 10.3. The minimum atomic E-state index is -3.20. The number of hydrogen-bond donors (Lipinski definition) is 1. The first kappa shape index (κ1) is 16.5. The third-order valence-corrected chi connectivity index (χ3v) is 5.65. The van der Waals surface area contributed by atoms with Crippen molar-refractivity contribution in [3.05, 3.63) is 48.5 Å². The third-order valence-electron chi connectivity index (χ3n) is 3.75. The van der Waals surface area contributed by atoms with Gasteiger partial charge in [-0.15, -0.1) is 0 Å². The van der Waals surface area contributed by atoms with Crippen LogP contribution in [0.3, 0.4) is 0 Å². The van der Waals surface area contributed by atoms with Crippen molar-refractivity contribution in [3.8, 4) is 11.5 Å². The van der Waals surface area contributed by atoms with Crippen molar-refractivity contribution in [1.29, 1.82) is 0 Å². The van der Waals surface area contributed by atoms with Gasteiger partial charge < -0.3 is 10.1 Å². The van der Waals surface area contributed by atoms with Crippen molar-refractivity contribution in [3.63, 3.8) is 0 Å². The van der Waals surface area contributed by atoms with E-state index in [2.05, 4.69) is 5.32 Å². The Morgan fingerprint density at radius 1 is 1.04 bits per heavy atom. The number of carbonyl (C=O) groups is 1. The molecule has 1 aliphatic rings. The van der Waals surface area contributed by atoms with Crippen LogP contribution in [0, 0.1) is 5.92 Å². The molecule has 24 heavy (non-hydrogen) atoms. The first-order valence-electron chi connectivity index (χ1n) is 7.81. The first-order valence-corrected chi connectivity index (χ1v) is 9.46. The molecule has 2 aromatic carbocycles. The number of ether oxygens (including phenoxy) is 1. The molecule has 1 saturated carbocycles. The molecule has 0 bridgehead atoms.